The first-order valence-electron chi connectivity index (χ1n) is 6.45. The Hall–Kier alpha value is -1.59. The molecule has 0 aliphatic carbocycles. The third-order valence-corrected chi connectivity index (χ3v) is 4.59. The molecule has 0 spiro atoms. The van der Waals surface area contributed by atoms with Crippen molar-refractivity contribution in [3.63, 3.8) is 0 Å². The fourth-order valence-electron chi connectivity index (χ4n) is 1.94. The second-order valence-corrected chi connectivity index (χ2v) is 7.14. The van der Waals surface area contributed by atoms with Gasteiger partial charge in [-0.2, -0.15) is 0 Å². The van der Waals surface area contributed by atoms with Crippen LogP contribution in [0.1, 0.15) is 18.1 Å². The Kier molecular flexibility index (Phi) is 4.54. The highest BCUT2D eigenvalue weighted by molar-refractivity contribution is 7.90. The van der Waals surface area contributed by atoms with E-state index in [2.05, 4.69) is 11.9 Å². The number of benzene rings is 1. The molecule has 0 aliphatic rings. The zero-order valence-electron chi connectivity index (χ0n) is 12.1. The number of nitrogens with zero attached hydrogens (tertiary/aromatic N) is 1. The molecule has 112 valence electrons. The fraction of sp³-hybridized carbons (Fsp3) is 0.267. The molecule has 0 atom stereocenters. The Labute approximate surface area is 129 Å². The first kappa shape index (κ1) is 15.8. The van der Waals surface area contributed by atoms with Crippen molar-refractivity contribution in [2.24, 2.45) is 0 Å². The zero-order valence-corrected chi connectivity index (χ0v) is 13.6. The van der Waals surface area contributed by atoms with Gasteiger partial charge in [0.25, 0.3) is 0 Å². The van der Waals surface area contributed by atoms with E-state index in [1.807, 2.05) is 13.0 Å². The quantitative estimate of drug-likeness (QED) is 0.858. The number of aryl methyl sites for hydroxylation is 1. The monoisotopic (exact) mass is 325 g/mol. The van der Waals surface area contributed by atoms with Gasteiger partial charge in [-0.25, -0.2) is 13.4 Å². The molecule has 0 unspecified atom stereocenters. The van der Waals surface area contributed by atoms with Crippen molar-refractivity contribution in [2.75, 3.05) is 6.26 Å². The van der Waals surface area contributed by atoms with Crippen LogP contribution in [0.15, 0.2) is 35.4 Å². The topological polar surface area (TPSA) is 56.3 Å². The van der Waals surface area contributed by atoms with E-state index in [1.54, 1.807) is 12.3 Å². The second-order valence-electron chi connectivity index (χ2n) is 4.72. The summed E-state index contributed by atoms with van der Waals surface area (Å²) in [5.74, 6) is 0.858. The van der Waals surface area contributed by atoms with Gasteiger partial charge in [-0.1, -0.05) is 18.5 Å². The molecular formula is C15H16ClNO3S. The lowest BCUT2D eigenvalue weighted by Crippen LogP contribution is -1.99. The third-order valence-electron chi connectivity index (χ3n) is 3.19. The molecule has 6 heteroatoms. The minimum absolute atomic E-state index is 0.159. The van der Waals surface area contributed by atoms with Crippen LogP contribution < -0.4 is 4.74 Å². The van der Waals surface area contributed by atoms with Gasteiger partial charge in [-0.05, 0) is 43.2 Å². The van der Waals surface area contributed by atoms with Gasteiger partial charge in [-0.15, -0.1) is 0 Å². The van der Waals surface area contributed by atoms with E-state index < -0.39 is 9.84 Å². The molecule has 2 aromatic rings. The lowest BCUT2D eigenvalue weighted by molar-refractivity contribution is 0.458. The largest absolute Gasteiger partial charge is 0.437 e. The Morgan fingerprint density at radius 1 is 1.29 bits per heavy atom. The number of aromatic nitrogens is 1. The van der Waals surface area contributed by atoms with Crippen molar-refractivity contribution in [1.29, 1.82) is 0 Å². The smallest absolute Gasteiger partial charge is 0.222 e. The lowest BCUT2D eigenvalue weighted by atomic mass is 10.1. The van der Waals surface area contributed by atoms with Crippen LogP contribution in [-0.2, 0) is 16.3 Å². The molecule has 21 heavy (non-hydrogen) atoms. The van der Waals surface area contributed by atoms with Gasteiger partial charge in [0.2, 0.25) is 5.88 Å². The molecule has 1 heterocycles. The zero-order chi connectivity index (χ0) is 15.6. The van der Waals surface area contributed by atoms with Gasteiger partial charge in [0.05, 0.1) is 9.92 Å². The number of rotatable bonds is 4. The molecule has 1 aromatic carbocycles. The number of pyridine rings is 1. The van der Waals surface area contributed by atoms with Gasteiger partial charge in [0.1, 0.15) is 5.75 Å². The van der Waals surface area contributed by atoms with Crippen molar-refractivity contribution >= 4 is 21.4 Å². The highest BCUT2D eigenvalue weighted by Gasteiger charge is 2.13. The summed E-state index contributed by atoms with van der Waals surface area (Å²) < 4.78 is 28.7. The summed E-state index contributed by atoms with van der Waals surface area (Å²) in [6.07, 6.45) is 3.70. The van der Waals surface area contributed by atoms with E-state index in [4.69, 9.17) is 16.3 Å². The van der Waals surface area contributed by atoms with Crippen LogP contribution in [-0.4, -0.2) is 19.7 Å². The maximum absolute atomic E-state index is 11.5. The minimum Gasteiger partial charge on any atom is -0.437 e. The summed E-state index contributed by atoms with van der Waals surface area (Å²) in [6, 6.07) is 6.33. The van der Waals surface area contributed by atoms with Crippen molar-refractivity contribution in [3.05, 3.63) is 46.6 Å². The van der Waals surface area contributed by atoms with Crippen molar-refractivity contribution in [3.8, 4) is 11.6 Å². The Morgan fingerprint density at radius 3 is 2.57 bits per heavy atom. The highest BCUT2D eigenvalue weighted by Crippen LogP contribution is 2.32. The summed E-state index contributed by atoms with van der Waals surface area (Å²) >= 11 is 6.09. The van der Waals surface area contributed by atoms with Crippen LogP contribution in [0.3, 0.4) is 0 Å². The molecule has 0 saturated carbocycles. The number of hydrogen-bond acceptors (Lipinski definition) is 4. The average molecular weight is 326 g/mol. The van der Waals surface area contributed by atoms with Crippen molar-refractivity contribution < 1.29 is 13.2 Å². The number of halogens is 1. The van der Waals surface area contributed by atoms with Crippen LogP contribution in [0.5, 0.6) is 11.6 Å². The van der Waals surface area contributed by atoms with E-state index in [-0.39, 0.29) is 9.92 Å². The average Bonchev–Trinajstić information content (AvgIpc) is 2.42. The first-order chi connectivity index (χ1) is 9.82. The molecular weight excluding hydrogens is 310 g/mol. The number of hydrogen-bond donors (Lipinski definition) is 0. The van der Waals surface area contributed by atoms with Crippen LogP contribution in [0.25, 0.3) is 0 Å². The molecule has 2 rings (SSSR count). The summed E-state index contributed by atoms with van der Waals surface area (Å²) in [6.45, 7) is 3.99. The Balaban J connectivity index is 2.37. The number of ether oxygens (including phenoxy) is 1. The maximum Gasteiger partial charge on any atom is 0.222 e. The second kappa shape index (κ2) is 6.03. The van der Waals surface area contributed by atoms with E-state index in [1.165, 1.54) is 12.1 Å². The third kappa shape index (κ3) is 3.54. The molecule has 4 nitrogen and oxygen atoms in total. The highest BCUT2D eigenvalue weighted by atomic mass is 35.5. The van der Waals surface area contributed by atoms with Gasteiger partial charge in [0, 0.05) is 18.0 Å². The van der Waals surface area contributed by atoms with E-state index >= 15 is 0 Å². The fourth-order valence-corrected chi connectivity index (χ4v) is 2.87. The normalized spacial score (nSPS) is 11.4. The lowest BCUT2D eigenvalue weighted by Gasteiger charge is -2.12. The molecule has 0 radical (unpaired) electrons. The Morgan fingerprint density at radius 2 is 2.00 bits per heavy atom. The van der Waals surface area contributed by atoms with Gasteiger partial charge >= 0.3 is 0 Å². The summed E-state index contributed by atoms with van der Waals surface area (Å²) in [5, 5.41) is 0.237. The van der Waals surface area contributed by atoms with Gasteiger partial charge < -0.3 is 4.74 Å². The minimum atomic E-state index is -3.29. The molecule has 0 amide bonds. The van der Waals surface area contributed by atoms with Gasteiger partial charge in [-0.3, -0.25) is 0 Å². The maximum atomic E-state index is 11.5. The molecule has 0 bridgehead atoms. The predicted octanol–water partition coefficient (Wildman–Crippen LogP) is 3.80. The predicted molar refractivity (Wildman–Crippen MR) is 83.0 cm³/mol. The summed E-state index contributed by atoms with van der Waals surface area (Å²) in [5.41, 5.74) is 2.09. The molecule has 0 N–H and O–H groups in total. The van der Waals surface area contributed by atoms with Crippen molar-refractivity contribution in [1.82, 2.24) is 4.98 Å². The van der Waals surface area contributed by atoms with Crippen LogP contribution in [0.2, 0.25) is 5.02 Å². The molecule has 0 aliphatic heterocycles. The molecule has 0 saturated heterocycles. The Bertz CT molecular complexity index is 772. The van der Waals surface area contributed by atoms with Crippen LogP contribution in [0, 0.1) is 6.92 Å². The van der Waals surface area contributed by atoms with E-state index in [0.29, 0.717) is 11.6 Å². The summed E-state index contributed by atoms with van der Waals surface area (Å²) in [7, 11) is -3.29. The van der Waals surface area contributed by atoms with E-state index in [0.717, 1.165) is 23.8 Å². The molecule has 0 fully saturated rings. The molecule has 1 aromatic heterocycles. The first-order valence-corrected chi connectivity index (χ1v) is 8.71. The van der Waals surface area contributed by atoms with Gasteiger partial charge in [0.15, 0.2) is 9.84 Å². The van der Waals surface area contributed by atoms with E-state index in [9.17, 15) is 8.42 Å². The standard InChI is InChI=1S/C15H16ClNO3S/c1-4-11-7-8-17-15(10(11)2)20-14-6-5-12(9-13(14)16)21(3,18)19/h5-9H,4H2,1-3H3. The SMILES string of the molecule is CCc1ccnc(Oc2ccc(S(C)(=O)=O)cc2Cl)c1C. The van der Waals surface area contributed by atoms with Crippen molar-refractivity contribution in [2.45, 2.75) is 25.2 Å². The van der Waals surface area contributed by atoms with Crippen LogP contribution >= 0.6 is 11.6 Å². The number of sulfone groups is 1. The van der Waals surface area contributed by atoms with Crippen LogP contribution in [0.4, 0.5) is 0 Å². The summed E-state index contributed by atoms with van der Waals surface area (Å²) in [4.78, 5) is 4.35.